The van der Waals surface area contributed by atoms with E-state index in [4.69, 9.17) is 9.47 Å². The van der Waals surface area contributed by atoms with Gasteiger partial charge in [0.05, 0.1) is 19.1 Å². The lowest BCUT2D eigenvalue weighted by Crippen LogP contribution is -2.40. The van der Waals surface area contributed by atoms with Crippen LogP contribution in [-0.4, -0.2) is 50.3 Å². The van der Waals surface area contributed by atoms with E-state index in [0.717, 1.165) is 19.6 Å². The second-order valence-electron chi connectivity index (χ2n) is 4.30. The van der Waals surface area contributed by atoms with Gasteiger partial charge in [0.1, 0.15) is 0 Å². The minimum atomic E-state index is -0.145. The van der Waals surface area contributed by atoms with E-state index < -0.39 is 0 Å². The average molecular weight is 215 g/mol. The van der Waals surface area contributed by atoms with E-state index in [1.807, 2.05) is 14.0 Å². The highest BCUT2D eigenvalue weighted by molar-refractivity contribution is 5.72. The summed E-state index contributed by atoms with van der Waals surface area (Å²) in [5, 5.41) is 0. The van der Waals surface area contributed by atoms with Gasteiger partial charge in [-0.15, -0.1) is 0 Å². The van der Waals surface area contributed by atoms with Crippen LogP contribution in [0, 0.1) is 5.92 Å². The molecule has 1 aliphatic heterocycles. The lowest BCUT2D eigenvalue weighted by Gasteiger charge is -2.28. The molecule has 4 heteroatoms. The van der Waals surface area contributed by atoms with Crippen LogP contribution in [0.2, 0.25) is 0 Å². The van der Waals surface area contributed by atoms with Gasteiger partial charge in [0.25, 0.3) is 0 Å². The Hall–Kier alpha value is -0.610. The molecule has 1 heterocycles. The highest BCUT2D eigenvalue weighted by atomic mass is 16.5. The molecular formula is C11H21NO3. The first kappa shape index (κ1) is 12.5. The average Bonchev–Trinajstić information content (AvgIpc) is 2.63. The van der Waals surface area contributed by atoms with E-state index in [-0.39, 0.29) is 18.0 Å². The van der Waals surface area contributed by atoms with E-state index in [2.05, 4.69) is 11.8 Å². The molecule has 1 fully saturated rings. The first-order chi connectivity index (χ1) is 7.06. The Balaban J connectivity index is 2.40. The molecule has 88 valence electrons. The van der Waals surface area contributed by atoms with Crippen molar-refractivity contribution in [1.82, 2.24) is 4.90 Å². The number of hydrogen-bond acceptors (Lipinski definition) is 4. The van der Waals surface area contributed by atoms with Crippen molar-refractivity contribution in [2.24, 2.45) is 5.92 Å². The molecule has 0 spiro atoms. The molecule has 0 aromatic heterocycles. The summed E-state index contributed by atoms with van der Waals surface area (Å²) in [5.74, 6) is -0.221. The largest absolute Gasteiger partial charge is 0.469 e. The third kappa shape index (κ3) is 3.18. The van der Waals surface area contributed by atoms with Gasteiger partial charge in [0.2, 0.25) is 0 Å². The van der Waals surface area contributed by atoms with Crippen LogP contribution in [0.1, 0.15) is 20.3 Å². The summed E-state index contributed by atoms with van der Waals surface area (Å²) >= 11 is 0. The number of carbonyl (C=O) groups excluding carboxylic acids is 1. The van der Waals surface area contributed by atoms with Crippen LogP contribution in [-0.2, 0) is 14.3 Å². The second-order valence-corrected chi connectivity index (χ2v) is 4.30. The molecule has 15 heavy (non-hydrogen) atoms. The highest BCUT2D eigenvalue weighted by Crippen LogP contribution is 2.19. The third-order valence-corrected chi connectivity index (χ3v) is 3.07. The SMILES string of the molecule is COC(=O)C(C)CN(C)C1CCOC1C. The Labute approximate surface area is 91.5 Å². The molecular weight excluding hydrogens is 194 g/mol. The standard InChI is InChI=1S/C11H21NO3/c1-8(11(13)14-4)7-12(3)10-5-6-15-9(10)2/h8-10H,5-7H2,1-4H3. The number of esters is 1. The van der Waals surface area contributed by atoms with Gasteiger partial charge >= 0.3 is 5.97 Å². The zero-order chi connectivity index (χ0) is 11.4. The zero-order valence-electron chi connectivity index (χ0n) is 10.0. The van der Waals surface area contributed by atoms with Crippen LogP contribution in [0.25, 0.3) is 0 Å². The fourth-order valence-corrected chi connectivity index (χ4v) is 2.14. The smallest absolute Gasteiger partial charge is 0.309 e. The lowest BCUT2D eigenvalue weighted by atomic mass is 10.1. The maximum absolute atomic E-state index is 11.3. The quantitative estimate of drug-likeness (QED) is 0.653. The fourth-order valence-electron chi connectivity index (χ4n) is 2.14. The predicted molar refractivity (Wildman–Crippen MR) is 57.6 cm³/mol. The summed E-state index contributed by atoms with van der Waals surface area (Å²) in [4.78, 5) is 13.5. The molecule has 0 bridgehead atoms. The van der Waals surface area contributed by atoms with Gasteiger partial charge in [-0.05, 0) is 20.4 Å². The molecule has 1 saturated heterocycles. The number of methoxy groups -OCH3 is 1. The summed E-state index contributed by atoms with van der Waals surface area (Å²) in [6, 6.07) is 0.428. The van der Waals surface area contributed by atoms with Crippen molar-refractivity contribution < 1.29 is 14.3 Å². The van der Waals surface area contributed by atoms with Gasteiger partial charge in [-0.1, -0.05) is 6.92 Å². The van der Waals surface area contributed by atoms with Crippen LogP contribution in [0.4, 0.5) is 0 Å². The molecule has 0 N–H and O–H groups in total. The number of hydrogen-bond donors (Lipinski definition) is 0. The van der Waals surface area contributed by atoms with E-state index in [0.29, 0.717) is 6.04 Å². The molecule has 1 aliphatic rings. The first-order valence-electron chi connectivity index (χ1n) is 5.46. The van der Waals surface area contributed by atoms with Crippen molar-refractivity contribution in [3.63, 3.8) is 0 Å². The van der Waals surface area contributed by atoms with Crippen LogP contribution >= 0.6 is 0 Å². The van der Waals surface area contributed by atoms with Crippen LogP contribution in [0.5, 0.6) is 0 Å². The van der Waals surface area contributed by atoms with Crippen LogP contribution in [0.3, 0.4) is 0 Å². The molecule has 0 amide bonds. The van der Waals surface area contributed by atoms with Gasteiger partial charge in [-0.25, -0.2) is 0 Å². The molecule has 0 aromatic carbocycles. The maximum atomic E-state index is 11.3. The summed E-state index contributed by atoms with van der Waals surface area (Å²) in [7, 11) is 3.47. The van der Waals surface area contributed by atoms with Crippen molar-refractivity contribution in [2.45, 2.75) is 32.4 Å². The molecule has 4 nitrogen and oxygen atoms in total. The molecule has 3 unspecified atom stereocenters. The molecule has 3 atom stereocenters. The molecule has 0 aromatic rings. The number of nitrogens with zero attached hydrogens (tertiary/aromatic N) is 1. The van der Waals surface area contributed by atoms with Crippen LogP contribution < -0.4 is 0 Å². The molecule has 0 radical (unpaired) electrons. The molecule has 0 saturated carbocycles. The Morgan fingerprint density at radius 3 is 2.80 bits per heavy atom. The van der Waals surface area contributed by atoms with E-state index in [9.17, 15) is 4.79 Å². The number of rotatable bonds is 4. The van der Waals surface area contributed by atoms with Crippen molar-refractivity contribution in [3.05, 3.63) is 0 Å². The van der Waals surface area contributed by atoms with E-state index in [1.165, 1.54) is 7.11 Å². The Morgan fingerprint density at radius 2 is 2.33 bits per heavy atom. The summed E-state index contributed by atoms with van der Waals surface area (Å²) in [6.45, 7) is 5.52. The topological polar surface area (TPSA) is 38.8 Å². The normalized spacial score (nSPS) is 28.1. The second kappa shape index (κ2) is 5.47. The highest BCUT2D eigenvalue weighted by Gasteiger charge is 2.29. The number of carbonyl (C=O) groups is 1. The van der Waals surface area contributed by atoms with Gasteiger partial charge < -0.3 is 9.47 Å². The summed E-state index contributed by atoms with van der Waals surface area (Å²) < 4.78 is 10.2. The Bertz CT molecular complexity index is 220. The molecule has 1 rings (SSSR count). The van der Waals surface area contributed by atoms with Crippen molar-refractivity contribution >= 4 is 5.97 Å². The summed E-state index contributed by atoms with van der Waals surface area (Å²) in [6.07, 6.45) is 1.31. The maximum Gasteiger partial charge on any atom is 0.309 e. The molecule has 0 aliphatic carbocycles. The Kier molecular flexibility index (Phi) is 4.54. The van der Waals surface area contributed by atoms with Crippen molar-refractivity contribution in [1.29, 1.82) is 0 Å². The van der Waals surface area contributed by atoms with Gasteiger partial charge in [0.15, 0.2) is 0 Å². The Morgan fingerprint density at radius 1 is 1.67 bits per heavy atom. The minimum absolute atomic E-state index is 0.0761. The van der Waals surface area contributed by atoms with Gasteiger partial charge in [0, 0.05) is 19.2 Å². The first-order valence-corrected chi connectivity index (χ1v) is 5.46. The zero-order valence-corrected chi connectivity index (χ0v) is 10.0. The number of likely N-dealkylation sites (N-methyl/N-ethyl adjacent to an activating group) is 1. The van der Waals surface area contributed by atoms with Gasteiger partial charge in [-0.3, -0.25) is 9.69 Å². The van der Waals surface area contributed by atoms with Crippen molar-refractivity contribution in [3.8, 4) is 0 Å². The lowest BCUT2D eigenvalue weighted by molar-refractivity contribution is -0.145. The van der Waals surface area contributed by atoms with Crippen molar-refractivity contribution in [2.75, 3.05) is 27.3 Å². The van der Waals surface area contributed by atoms with Gasteiger partial charge in [-0.2, -0.15) is 0 Å². The number of ether oxygens (including phenoxy) is 2. The third-order valence-electron chi connectivity index (χ3n) is 3.07. The monoisotopic (exact) mass is 215 g/mol. The van der Waals surface area contributed by atoms with E-state index in [1.54, 1.807) is 0 Å². The van der Waals surface area contributed by atoms with Crippen LogP contribution in [0.15, 0.2) is 0 Å². The van der Waals surface area contributed by atoms with E-state index >= 15 is 0 Å². The summed E-state index contributed by atoms with van der Waals surface area (Å²) in [5.41, 5.74) is 0. The minimum Gasteiger partial charge on any atom is -0.469 e. The fraction of sp³-hybridized carbons (Fsp3) is 0.909. The predicted octanol–water partition coefficient (Wildman–Crippen LogP) is 0.905.